The van der Waals surface area contributed by atoms with Gasteiger partial charge in [0.15, 0.2) is 5.96 Å². The molecular weight excluding hydrogens is 524 g/mol. The van der Waals surface area contributed by atoms with Crippen LogP contribution in [0.25, 0.3) is 11.5 Å². The average Bonchev–Trinajstić information content (AvgIpc) is 3.25. The first-order valence-corrected chi connectivity index (χ1v) is 9.91. The van der Waals surface area contributed by atoms with Crippen LogP contribution in [0, 0.1) is 5.82 Å². The smallest absolute Gasteiger partial charge is 0.253 e. The predicted octanol–water partition coefficient (Wildman–Crippen LogP) is 3.71. The lowest BCUT2D eigenvalue weighted by molar-refractivity contribution is 0.0827. The molecule has 0 aliphatic heterocycles. The van der Waals surface area contributed by atoms with Crippen molar-refractivity contribution in [3.8, 4) is 11.5 Å². The molecule has 9 heteroatoms. The molecule has 3 aromatic rings. The first-order chi connectivity index (χ1) is 15.0. The number of rotatable bonds is 7. The maximum atomic E-state index is 13.0. The minimum absolute atomic E-state index is 0. The lowest BCUT2D eigenvalue weighted by Gasteiger charge is -2.13. The van der Waals surface area contributed by atoms with E-state index in [1.807, 2.05) is 24.3 Å². The molecule has 0 saturated heterocycles. The second-order valence-electron chi connectivity index (χ2n) is 7.15. The zero-order valence-corrected chi connectivity index (χ0v) is 20.6. The summed E-state index contributed by atoms with van der Waals surface area (Å²) in [6.45, 7) is 1.19. The number of hydrogen-bond acceptors (Lipinski definition) is 4. The van der Waals surface area contributed by atoms with Crippen molar-refractivity contribution in [2.24, 2.45) is 4.99 Å². The molecule has 2 aromatic carbocycles. The number of nitrogens with zero attached hydrogens (tertiary/aromatic N) is 3. The van der Waals surface area contributed by atoms with E-state index in [1.54, 1.807) is 44.4 Å². The Morgan fingerprint density at radius 3 is 2.41 bits per heavy atom. The number of oxazole rings is 1. The van der Waals surface area contributed by atoms with Crippen LogP contribution < -0.4 is 10.6 Å². The van der Waals surface area contributed by atoms with Gasteiger partial charge >= 0.3 is 0 Å². The average molecular weight is 551 g/mol. The van der Waals surface area contributed by atoms with E-state index in [1.165, 1.54) is 12.1 Å². The summed E-state index contributed by atoms with van der Waals surface area (Å²) in [5.74, 6) is 0.813. The van der Waals surface area contributed by atoms with Crippen LogP contribution in [0.15, 0.2) is 64.2 Å². The highest BCUT2D eigenvalue weighted by Crippen LogP contribution is 2.19. The van der Waals surface area contributed by atoms with Crippen LogP contribution in [0.5, 0.6) is 0 Å². The van der Waals surface area contributed by atoms with E-state index in [0.717, 1.165) is 16.8 Å². The number of aromatic nitrogens is 1. The number of guanidine groups is 1. The van der Waals surface area contributed by atoms with Crippen LogP contribution in [-0.4, -0.2) is 49.4 Å². The Balaban J connectivity index is 0.00000363. The first-order valence-electron chi connectivity index (χ1n) is 9.91. The summed E-state index contributed by atoms with van der Waals surface area (Å²) in [7, 11) is 5.17. The third-order valence-electron chi connectivity index (χ3n) is 4.61. The molecule has 0 saturated carbocycles. The van der Waals surface area contributed by atoms with Crippen LogP contribution in [0.3, 0.4) is 0 Å². The lowest BCUT2D eigenvalue weighted by Crippen LogP contribution is -2.37. The molecule has 0 spiro atoms. The van der Waals surface area contributed by atoms with Gasteiger partial charge in [0.1, 0.15) is 12.1 Å². The predicted molar refractivity (Wildman–Crippen MR) is 134 cm³/mol. The molecular formula is C23H27FIN5O2. The summed E-state index contributed by atoms with van der Waals surface area (Å²) in [5.41, 5.74) is 3.22. The minimum Gasteiger partial charge on any atom is -0.444 e. The quantitative estimate of drug-likeness (QED) is 0.266. The Morgan fingerprint density at radius 2 is 1.78 bits per heavy atom. The van der Waals surface area contributed by atoms with Gasteiger partial charge in [-0.2, -0.15) is 0 Å². The molecule has 1 heterocycles. The van der Waals surface area contributed by atoms with Gasteiger partial charge < -0.3 is 20.0 Å². The summed E-state index contributed by atoms with van der Waals surface area (Å²) in [4.78, 5) is 22.2. The summed E-state index contributed by atoms with van der Waals surface area (Å²) >= 11 is 0. The van der Waals surface area contributed by atoms with E-state index in [9.17, 15) is 9.18 Å². The molecule has 170 valence electrons. The highest BCUT2D eigenvalue weighted by atomic mass is 127. The van der Waals surface area contributed by atoms with E-state index in [0.29, 0.717) is 36.9 Å². The highest BCUT2D eigenvalue weighted by Gasteiger charge is 2.09. The molecule has 3 rings (SSSR count). The van der Waals surface area contributed by atoms with Gasteiger partial charge in [-0.05, 0) is 42.0 Å². The minimum atomic E-state index is -0.295. The van der Waals surface area contributed by atoms with Crippen molar-refractivity contribution >= 4 is 35.8 Å². The van der Waals surface area contributed by atoms with Crippen molar-refractivity contribution < 1.29 is 13.6 Å². The maximum absolute atomic E-state index is 13.0. The van der Waals surface area contributed by atoms with Crippen LogP contribution in [0.2, 0.25) is 0 Å². The van der Waals surface area contributed by atoms with Crippen molar-refractivity contribution in [2.45, 2.75) is 13.0 Å². The summed E-state index contributed by atoms with van der Waals surface area (Å²) in [5, 5.41) is 6.48. The first kappa shape index (κ1) is 25.3. The highest BCUT2D eigenvalue weighted by molar-refractivity contribution is 14.0. The molecule has 0 aliphatic rings. The van der Waals surface area contributed by atoms with Gasteiger partial charge in [-0.3, -0.25) is 9.79 Å². The van der Waals surface area contributed by atoms with E-state index in [-0.39, 0.29) is 35.7 Å². The fourth-order valence-corrected chi connectivity index (χ4v) is 2.89. The van der Waals surface area contributed by atoms with Gasteiger partial charge in [-0.15, -0.1) is 24.0 Å². The molecule has 0 atom stereocenters. The monoisotopic (exact) mass is 551 g/mol. The van der Waals surface area contributed by atoms with Crippen molar-refractivity contribution in [1.82, 2.24) is 20.5 Å². The summed E-state index contributed by atoms with van der Waals surface area (Å²) in [6, 6.07) is 13.5. The van der Waals surface area contributed by atoms with Crippen molar-refractivity contribution in [3.05, 3.63) is 77.4 Å². The van der Waals surface area contributed by atoms with Crippen LogP contribution >= 0.6 is 24.0 Å². The number of carbonyl (C=O) groups excluding carboxylic acids is 1. The van der Waals surface area contributed by atoms with Crippen molar-refractivity contribution in [1.29, 1.82) is 0 Å². The molecule has 2 N–H and O–H groups in total. The largest absolute Gasteiger partial charge is 0.444 e. The SMILES string of the molecule is CN=C(NCCc1coc(-c2ccc(F)cc2)n1)NCc1ccc(C(=O)N(C)C)cc1.I. The number of benzene rings is 2. The topological polar surface area (TPSA) is 82.8 Å². The molecule has 0 fully saturated rings. The zero-order chi connectivity index (χ0) is 22.2. The summed E-state index contributed by atoms with van der Waals surface area (Å²) in [6.07, 6.45) is 2.25. The number of amides is 1. The molecule has 0 bridgehead atoms. The molecule has 1 aromatic heterocycles. The maximum Gasteiger partial charge on any atom is 0.253 e. The van der Waals surface area contributed by atoms with E-state index in [2.05, 4.69) is 20.6 Å². The molecule has 32 heavy (non-hydrogen) atoms. The number of aliphatic imine (C=N–C) groups is 1. The van der Waals surface area contributed by atoms with E-state index < -0.39 is 0 Å². The molecule has 0 aliphatic carbocycles. The van der Waals surface area contributed by atoms with E-state index in [4.69, 9.17) is 4.42 Å². The van der Waals surface area contributed by atoms with Crippen molar-refractivity contribution in [2.75, 3.05) is 27.7 Å². The third kappa shape index (κ3) is 7.04. The molecule has 1 amide bonds. The second kappa shape index (κ2) is 12.2. The zero-order valence-electron chi connectivity index (χ0n) is 18.3. The van der Waals surface area contributed by atoms with Gasteiger partial charge in [0.25, 0.3) is 5.91 Å². The fraction of sp³-hybridized carbons (Fsp3) is 0.261. The van der Waals surface area contributed by atoms with E-state index >= 15 is 0 Å². The normalized spacial score (nSPS) is 10.9. The Hall–Kier alpha value is -2.95. The molecule has 7 nitrogen and oxygen atoms in total. The Bertz CT molecular complexity index is 1030. The van der Waals surface area contributed by atoms with Crippen molar-refractivity contribution in [3.63, 3.8) is 0 Å². The molecule has 0 radical (unpaired) electrons. The lowest BCUT2D eigenvalue weighted by atomic mass is 10.1. The summed E-state index contributed by atoms with van der Waals surface area (Å²) < 4.78 is 18.5. The molecule has 0 unspecified atom stereocenters. The Kier molecular flexibility index (Phi) is 9.63. The van der Waals surface area contributed by atoms with Gasteiger partial charge in [-0.1, -0.05) is 12.1 Å². The van der Waals surface area contributed by atoms with Crippen LogP contribution in [0.4, 0.5) is 4.39 Å². The number of carbonyl (C=O) groups is 1. The second-order valence-corrected chi connectivity index (χ2v) is 7.15. The number of hydrogen-bond donors (Lipinski definition) is 2. The van der Waals surface area contributed by atoms with Crippen LogP contribution in [-0.2, 0) is 13.0 Å². The van der Waals surface area contributed by atoms with Gasteiger partial charge in [0, 0.05) is 51.8 Å². The van der Waals surface area contributed by atoms with Gasteiger partial charge in [-0.25, -0.2) is 9.37 Å². The number of halogens is 2. The number of nitrogens with one attached hydrogen (secondary N) is 2. The third-order valence-corrected chi connectivity index (χ3v) is 4.61. The fourth-order valence-electron chi connectivity index (χ4n) is 2.89. The van der Waals surface area contributed by atoms with Crippen LogP contribution in [0.1, 0.15) is 21.6 Å². The van der Waals surface area contributed by atoms with Gasteiger partial charge in [0.2, 0.25) is 5.89 Å². The van der Waals surface area contributed by atoms with Gasteiger partial charge in [0.05, 0.1) is 5.69 Å². The Labute approximate surface area is 204 Å². The Morgan fingerprint density at radius 1 is 1.09 bits per heavy atom. The standard InChI is InChI=1S/C23H26FN5O2.HI/c1-25-23(27-14-16-4-6-18(7-5-16)22(30)29(2)3)26-13-12-20-15-31-21(28-20)17-8-10-19(24)11-9-17;/h4-11,15H,12-14H2,1-3H3,(H2,25,26,27);1H.